The second-order valence-corrected chi connectivity index (χ2v) is 12.5. The Morgan fingerprint density at radius 3 is 2.20 bits per heavy atom. The van der Waals surface area contributed by atoms with Gasteiger partial charge in [-0.25, -0.2) is 14.1 Å². The van der Waals surface area contributed by atoms with Gasteiger partial charge < -0.3 is 20.7 Å². The quantitative estimate of drug-likeness (QED) is 0.160. The van der Waals surface area contributed by atoms with Crippen molar-refractivity contribution in [1.29, 1.82) is 0 Å². The van der Waals surface area contributed by atoms with Gasteiger partial charge in [-0.2, -0.15) is 24.9 Å². The van der Waals surface area contributed by atoms with Gasteiger partial charge in [0.1, 0.15) is 0 Å². The Hall–Kier alpha value is -2.71. The van der Waals surface area contributed by atoms with E-state index >= 15 is 0 Å². The summed E-state index contributed by atoms with van der Waals surface area (Å²) < 4.78 is 43.3. The van der Waals surface area contributed by atoms with Crippen molar-refractivity contribution >= 4 is 30.1 Å². The Balaban J connectivity index is 0.000000225. The first-order chi connectivity index (χ1) is 19.0. The van der Waals surface area contributed by atoms with Crippen molar-refractivity contribution in [2.75, 3.05) is 38.9 Å². The lowest BCUT2D eigenvalue weighted by Crippen LogP contribution is -2.47. The van der Waals surface area contributed by atoms with Crippen LogP contribution in [0, 0.1) is 6.92 Å². The largest absolute Gasteiger partial charge is 0.442 e. The van der Waals surface area contributed by atoms with Crippen LogP contribution >= 0.6 is 11.8 Å². The average Bonchev–Trinajstić information content (AvgIpc) is 3.51. The Morgan fingerprint density at radius 2 is 1.73 bits per heavy atom. The van der Waals surface area contributed by atoms with Crippen LogP contribution in [0.1, 0.15) is 51.2 Å². The predicted octanol–water partition coefficient (Wildman–Crippen LogP) is 4.24. The summed E-state index contributed by atoms with van der Waals surface area (Å²) in [4.78, 5) is 32.9. The van der Waals surface area contributed by atoms with Gasteiger partial charge >= 0.3 is 24.3 Å². The van der Waals surface area contributed by atoms with E-state index in [0.717, 1.165) is 36.3 Å². The molecule has 0 saturated carbocycles. The lowest BCUT2D eigenvalue weighted by Gasteiger charge is -2.29. The lowest BCUT2D eigenvalue weighted by atomic mass is 10.0. The normalized spacial score (nSPS) is 20.4. The molecule has 1 aromatic carbocycles. The van der Waals surface area contributed by atoms with E-state index in [0.29, 0.717) is 31.8 Å². The summed E-state index contributed by atoms with van der Waals surface area (Å²) in [5, 5.41) is 14.8. The van der Waals surface area contributed by atoms with Gasteiger partial charge in [-0.05, 0) is 27.2 Å². The average molecular weight is 604 g/mol. The number of unbranched alkanes of at least 4 members (excludes halogenated alkanes) is 1. The number of amides is 4. The number of carbonyl (C=O) groups is 3. The monoisotopic (exact) mass is 603 g/mol. The standard InChI is InChI=1S/C13H26N2O3.C9H7F3N2.C5H8N2OS/c1-6-7-8-12(17)14-9-13(2,3)18-11-15(4,5)10-16;1-6-2-4-7(5-3-6)8(13-14-8)9(10,11)12;8-5-6-3-1-9-2-4(3)7-5/h10H,6-9,11H2,1-5H3;2-5H,1H3;3-4H,1-2H2,(H2,6,7,8)/p+1. The molecule has 2 fully saturated rings. The molecule has 0 radical (unpaired) electrons. The fourth-order valence-corrected chi connectivity index (χ4v) is 4.88. The minimum atomic E-state index is -4.43. The molecule has 2 saturated heterocycles. The van der Waals surface area contributed by atoms with Crippen LogP contribution in [-0.4, -0.2) is 85.6 Å². The SMILES string of the molecule is CCCCC(=O)NCC(C)(C)OC[N+](C)(C)C=O.Cc1ccc(C2(C(F)(F)F)N=N2)cc1.O=C1NC2CSCC2N1. The molecule has 4 amide bonds. The van der Waals surface area contributed by atoms with Crippen LogP contribution in [0.15, 0.2) is 34.5 Å². The Bertz CT molecular complexity index is 1050. The van der Waals surface area contributed by atoms with Crippen LogP contribution in [-0.2, 0) is 20.0 Å². The molecule has 10 nitrogen and oxygen atoms in total. The number of ether oxygens (including phenoxy) is 1. The Labute approximate surface area is 243 Å². The minimum absolute atomic E-state index is 0.00491. The number of thioether (sulfide) groups is 1. The zero-order chi connectivity index (χ0) is 30.9. The van der Waals surface area contributed by atoms with Crippen molar-refractivity contribution < 1.29 is 36.8 Å². The molecule has 2 unspecified atom stereocenters. The summed E-state index contributed by atoms with van der Waals surface area (Å²) in [6.07, 6.45) is -1.12. The number of fused-ring (bicyclic) bond motifs is 1. The van der Waals surface area contributed by atoms with E-state index in [1.54, 1.807) is 26.2 Å². The highest BCUT2D eigenvalue weighted by atomic mass is 32.2. The highest BCUT2D eigenvalue weighted by molar-refractivity contribution is 7.99. The van der Waals surface area contributed by atoms with Gasteiger partial charge in [0, 0.05) is 30.0 Å². The van der Waals surface area contributed by atoms with E-state index in [9.17, 15) is 27.6 Å². The number of nitrogens with zero attached hydrogens (tertiary/aromatic N) is 3. The second kappa shape index (κ2) is 14.5. The number of halogens is 3. The van der Waals surface area contributed by atoms with E-state index in [-0.39, 0.29) is 22.0 Å². The maximum absolute atomic E-state index is 12.5. The maximum atomic E-state index is 12.5. The van der Waals surface area contributed by atoms with Crippen molar-refractivity contribution in [3.8, 4) is 0 Å². The van der Waals surface area contributed by atoms with Gasteiger partial charge in [-0.3, -0.25) is 4.79 Å². The van der Waals surface area contributed by atoms with Crippen molar-refractivity contribution in [2.45, 2.75) is 76.5 Å². The van der Waals surface area contributed by atoms with Crippen molar-refractivity contribution in [3.63, 3.8) is 0 Å². The summed E-state index contributed by atoms with van der Waals surface area (Å²) in [6, 6.07) is 6.86. The Morgan fingerprint density at radius 1 is 1.17 bits per heavy atom. The molecule has 2 atom stereocenters. The molecule has 0 aliphatic carbocycles. The smallest absolute Gasteiger partial charge is 0.353 e. The first-order valence-electron chi connectivity index (χ1n) is 13.5. The van der Waals surface area contributed by atoms with E-state index in [1.165, 1.54) is 12.1 Å². The highest BCUT2D eigenvalue weighted by Gasteiger charge is 2.65. The summed E-state index contributed by atoms with van der Waals surface area (Å²) in [5.74, 6) is 2.20. The topological polar surface area (TPSA) is 121 Å². The molecular weight excluding hydrogens is 561 g/mol. The van der Waals surface area contributed by atoms with Gasteiger partial charge in [-0.15, -0.1) is 10.2 Å². The fourth-order valence-electron chi connectivity index (χ4n) is 3.61. The summed E-state index contributed by atoms with van der Waals surface area (Å²) in [7, 11) is 3.53. The molecule has 4 rings (SSSR count). The number of quaternary nitrogens is 1. The molecule has 0 aromatic heterocycles. The molecule has 1 aromatic rings. The molecule has 3 aliphatic heterocycles. The maximum Gasteiger partial charge on any atom is 0.442 e. The lowest BCUT2D eigenvalue weighted by molar-refractivity contribution is -0.829. The van der Waals surface area contributed by atoms with Crippen LogP contribution in [0.3, 0.4) is 0 Å². The number of hydrogen-bond acceptors (Lipinski definition) is 7. The van der Waals surface area contributed by atoms with Crippen LogP contribution in [0.5, 0.6) is 0 Å². The number of rotatable bonds is 10. The second-order valence-electron chi connectivity index (χ2n) is 11.4. The zero-order valence-electron chi connectivity index (χ0n) is 24.5. The van der Waals surface area contributed by atoms with Crippen LogP contribution in [0.2, 0.25) is 0 Å². The van der Waals surface area contributed by atoms with E-state index in [2.05, 4.69) is 33.1 Å². The summed E-state index contributed by atoms with van der Waals surface area (Å²) >= 11 is 1.89. The summed E-state index contributed by atoms with van der Waals surface area (Å²) in [6.45, 7) is 8.41. The van der Waals surface area contributed by atoms with Gasteiger partial charge in [-0.1, -0.05) is 43.2 Å². The first-order valence-corrected chi connectivity index (χ1v) is 14.6. The molecule has 14 heteroatoms. The molecule has 3 N–H and O–H groups in total. The fraction of sp³-hybridized carbons (Fsp3) is 0.667. The van der Waals surface area contributed by atoms with E-state index in [1.807, 2.05) is 32.5 Å². The number of urea groups is 1. The molecule has 3 aliphatic rings. The summed E-state index contributed by atoms with van der Waals surface area (Å²) in [5.41, 5.74) is -1.76. The van der Waals surface area contributed by atoms with E-state index in [4.69, 9.17) is 4.74 Å². The Kier molecular flexibility index (Phi) is 12.2. The van der Waals surface area contributed by atoms with Crippen molar-refractivity contribution in [2.24, 2.45) is 10.2 Å². The van der Waals surface area contributed by atoms with Gasteiger partial charge in [0.2, 0.25) is 5.91 Å². The number of aryl methyl sites for hydroxylation is 1. The number of carbonyl (C=O) groups excluding carboxylic acids is 3. The van der Waals surface area contributed by atoms with Crippen LogP contribution in [0.4, 0.5) is 18.0 Å². The number of benzene rings is 1. The van der Waals surface area contributed by atoms with Crippen molar-refractivity contribution in [1.82, 2.24) is 16.0 Å². The molecule has 3 heterocycles. The number of nitrogens with one attached hydrogen (secondary N) is 3. The number of hydrogen-bond donors (Lipinski definition) is 3. The molecule has 230 valence electrons. The predicted molar refractivity (Wildman–Crippen MR) is 151 cm³/mol. The van der Waals surface area contributed by atoms with Gasteiger partial charge in [0.05, 0.1) is 31.8 Å². The molecule has 0 bridgehead atoms. The van der Waals surface area contributed by atoms with Crippen LogP contribution in [0.25, 0.3) is 0 Å². The minimum Gasteiger partial charge on any atom is -0.353 e. The van der Waals surface area contributed by atoms with Crippen LogP contribution < -0.4 is 16.0 Å². The highest BCUT2D eigenvalue weighted by Crippen LogP contribution is 2.52. The van der Waals surface area contributed by atoms with Gasteiger partial charge in [0.15, 0.2) is 6.73 Å². The molecular formula is C27H42F3N6O4S+. The first kappa shape index (κ1) is 34.5. The molecule has 41 heavy (non-hydrogen) atoms. The molecule has 0 spiro atoms. The van der Waals surface area contributed by atoms with Crippen molar-refractivity contribution in [3.05, 3.63) is 35.4 Å². The van der Waals surface area contributed by atoms with Gasteiger partial charge in [0.25, 0.3) is 0 Å². The third-order valence-electron chi connectivity index (χ3n) is 6.40. The van der Waals surface area contributed by atoms with E-state index < -0.39 is 17.4 Å². The third-order valence-corrected chi connectivity index (χ3v) is 7.59. The zero-order valence-corrected chi connectivity index (χ0v) is 25.3. The number of alkyl halides is 3. The third kappa shape index (κ3) is 10.9.